The summed E-state index contributed by atoms with van der Waals surface area (Å²) in [6.07, 6.45) is 3.82. The molecule has 0 spiro atoms. The van der Waals surface area contributed by atoms with Crippen molar-refractivity contribution in [2.45, 2.75) is 38.9 Å². The fourth-order valence-electron chi connectivity index (χ4n) is 2.38. The largest absolute Gasteiger partial charge is 0.340 e. The van der Waals surface area contributed by atoms with Gasteiger partial charge in [-0.05, 0) is 20.8 Å². The second-order valence-corrected chi connectivity index (χ2v) is 6.42. The summed E-state index contributed by atoms with van der Waals surface area (Å²) < 4.78 is 1.92. The molecule has 2 amide bonds. The number of rotatable bonds is 2. The fourth-order valence-corrected chi connectivity index (χ4v) is 3.10. The lowest BCUT2D eigenvalue weighted by molar-refractivity contribution is -0.153. The van der Waals surface area contributed by atoms with Gasteiger partial charge in [0.2, 0.25) is 11.8 Å². The van der Waals surface area contributed by atoms with E-state index < -0.39 is 11.6 Å². The molecule has 1 aliphatic rings. The van der Waals surface area contributed by atoms with Crippen molar-refractivity contribution < 1.29 is 9.59 Å². The molecule has 1 unspecified atom stereocenters. The summed E-state index contributed by atoms with van der Waals surface area (Å²) in [6.45, 7) is 5.53. The fraction of sp³-hybridized carbons (Fsp3) is 0.462. The zero-order chi connectivity index (χ0) is 14.5. The second kappa shape index (κ2) is 4.31. The summed E-state index contributed by atoms with van der Waals surface area (Å²) in [5.41, 5.74) is -0.0664. The topological polar surface area (TPSA) is 66.7 Å². The molecule has 3 rings (SSSR count). The third-order valence-electron chi connectivity index (χ3n) is 3.55. The molecule has 3 heterocycles. The van der Waals surface area contributed by atoms with E-state index in [4.69, 9.17) is 0 Å². The van der Waals surface area contributed by atoms with Gasteiger partial charge in [0, 0.05) is 17.8 Å². The molecule has 1 fully saturated rings. The van der Waals surface area contributed by atoms with Gasteiger partial charge in [-0.3, -0.25) is 14.0 Å². The Bertz CT molecular complexity index is 659. The van der Waals surface area contributed by atoms with Crippen molar-refractivity contribution in [3.05, 3.63) is 23.5 Å². The number of carbonyl (C=O) groups excluding carboxylic acids is 2. The second-order valence-electron chi connectivity index (χ2n) is 5.55. The number of aromatic nitrogens is 2. The molecular weight excluding hydrogens is 276 g/mol. The van der Waals surface area contributed by atoms with Gasteiger partial charge in [0.15, 0.2) is 4.96 Å². The Hall–Kier alpha value is -1.89. The first kappa shape index (κ1) is 13.1. The summed E-state index contributed by atoms with van der Waals surface area (Å²) in [4.78, 5) is 31.3. The monoisotopic (exact) mass is 292 g/mol. The van der Waals surface area contributed by atoms with Gasteiger partial charge < -0.3 is 10.2 Å². The molecular formula is C13H16N4O2S. The van der Waals surface area contributed by atoms with Crippen LogP contribution in [0.3, 0.4) is 0 Å². The Morgan fingerprint density at radius 2 is 2.20 bits per heavy atom. The standard InChI is InChI=1S/C13H16N4O2S/c1-8-10(18)15-13(2,3)11(19)17(8)7-9-6-16-4-5-20-12(16)14-9/h4-6,8H,7H2,1-3H3,(H,15,18). The summed E-state index contributed by atoms with van der Waals surface area (Å²) in [5.74, 6) is -0.212. The number of fused-ring (bicyclic) bond motifs is 1. The molecule has 7 heteroatoms. The van der Waals surface area contributed by atoms with Crippen LogP contribution in [-0.4, -0.2) is 37.7 Å². The zero-order valence-corrected chi connectivity index (χ0v) is 12.4. The Labute approximate surface area is 120 Å². The van der Waals surface area contributed by atoms with Crippen LogP contribution in [0.25, 0.3) is 4.96 Å². The van der Waals surface area contributed by atoms with Crippen molar-refractivity contribution in [2.75, 3.05) is 0 Å². The minimum atomic E-state index is -0.860. The van der Waals surface area contributed by atoms with E-state index in [0.717, 1.165) is 10.7 Å². The van der Waals surface area contributed by atoms with E-state index in [-0.39, 0.29) is 11.8 Å². The Balaban J connectivity index is 1.89. The van der Waals surface area contributed by atoms with Gasteiger partial charge in [-0.1, -0.05) is 0 Å². The quantitative estimate of drug-likeness (QED) is 0.898. The van der Waals surface area contributed by atoms with E-state index in [1.54, 1.807) is 37.0 Å². The molecule has 1 atom stereocenters. The Morgan fingerprint density at radius 1 is 1.45 bits per heavy atom. The first-order chi connectivity index (χ1) is 9.38. The maximum Gasteiger partial charge on any atom is 0.248 e. The number of piperazine rings is 1. The highest BCUT2D eigenvalue weighted by molar-refractivity contribution is 7.15. The van der Waals surface area contributed by atoms with Gasteiger partial charge in [0.1, 0.15) is 11.6 Å². The predicted octanol–water partition coefficient (Wildman–Crippen LogP) is 1.02. The van der Waals surface area contributed by atoms with Crippen molar-refractivity contribution in [3.8, 4) is 0 Å². The molecule has 0 bridgehead atoms. The molecule has 20 heavy (non-hydrogen) atoms. The number of amides is 2. The van der Waals surface area contributed by atoms with Gasteiger partial charge >= 0.3 is 0 Å². The van der Waals surface area contributed by atoms with Crippen molar-refractivity contribution in [2.24, 2.45) is 0 Å². The number of nitrogens with zero attached hydrogens (tertiary/aromatic N) is 3. The van der Waals surface area contributed by atoms with Gasteiger partial charge in [-0.15, -0.1) is 11.3 Å². The molecule has 6 nitrogen and oxygen atoms in total. The van der Waals surface area contributed by atoms with Crippen LogP contribution < -0.4 is 5.32 Å². The summed E-state index contributed by atoms with van der Waals surface area (Å²) in [7, 11) is 0. The lowest BCUT2D eigenvalue weighted by atomic mass is 9.97. The summed E-state index contributed by atoms with van der Waals surface area (Å²) in [5, 5.41) is 4.69. The molecule has 1 saturated heterocycles. The van der Waals surface area contributed by atoms with E-state index in [0.29, 0.717) is 6.54 Å². The molecule has 2 aromatic rings. The third-order valence-corrected chi connectivity index (χ3v) is 4.32. The average Bonchev–Trinajstić information content (AvgIpc) is 2.92. The maximum absolute atomic E-state index is 12.4. The Morgan fingerprint density at radius 3 is 2.90 bits per heavy atom. The third kappa shape index (κ3) is 1.98. The molecule has 0 aliphatic carbocycles. The predicted molar refractivity (Wildman–Crippen MR) is 75.3 cm³/mol. The van der Waals surface area contributed by atoms with E-state index in [2.05, 4.69) is 10.3 Å². The normalized spacial score (nSPS) is 22.4. The molecule has 0 aromatic carbocycles. The van der Waals surface area contributed by atoms with Crippen LogP contribution in [0.5, 0.6) is 0 Å². The van der Waals surface area contributed by atoms with Crippen LogP contribution in [0, 0.1) is 0 Å². The van der Waals surface area contributed by atoms with E-state index in [9.17, 15) is 9.59 Å². The van der Waals surface area contributed by atoms with Crippen LogP contribution in [-0.2, 0) is 16.1 Å². The SMILES string of the molecule is CC1C(=O)NC(C)(C)C(=O)N1Cc1cn2ccsc2n1. The van der Waals surface area contributed by atoms with Gasteiger partial charge in [-0.25, -0.2) is 4.98 Å². The summed E-state index contributed by atoms with van der Waals surface area (Å²) in [6, 6.07) is -0.477. The van der Waals surface area contributed by atoms with E-state index in [1.165, 1.54) is 0 Å². The highest BCUT2D eigenvalue weighted by atomic mass is 32.1. The van der Waals surface area contributed by atoms with E-state index >= 15 is 0 Å². The van der Waals surface area contributed by atoms with Crippen LogP contribution in [0.15, 0.2) is 17.8 Å². The van der Waals surface area contributed by atoms with Crippen molar-refractivity contribution in [3.63, 3.8) is 0 Å². The number of thiazole rings is 1. The van der Waals surface area contributed by atoms with Crippen LogP contribution in [0.2, 0.25) is 0 Å². The lowest BCUT2D eigenvalue weighted by Crippen LogP contribution is -2.66. The molecule has 0 radical (unpaired) electrons. The van der Waals surface area contributed by atoms with Crippen LogP contribution in [0.1, 0.15) is 26.5 Å². The van der Waals surface area contributed by atoms with Crippen molar-refractivity contribution in [1.29, 1.82) is 0 Å². The Kier molecular flexibility index (Phi) is 2.82. The number of hydrogen-bond acceptors (Lipinski definition) is 4. The molecule has 1 N–H and O–H groups in total. The number of imidazole rings is 1. The first-order valence-electron chi connectivity index (χ1n) is 6.42. The molecule has 106 valence electrons. The molecule has 0 saturated carbocycles. The van der Waals surface area contributed by atoms with Gasteiger partial charge in [0.25, 0.3) is 0 Å². The highest BCUT2D eigenvalue weighted by Gasteiger charge is 2.43. The molecule has 1 aliphatic heterocycles. The van der Waals surface area contributed by atoms with E-state index in [1.807, 2.05) is 22.2 Å². The average molecular weight is 292 g/mol. The lowest BCUT2D eigenvalue weighted by Gasteiger charge is -2.41. The minimum absolute atomic E-state index is 0.0824. The molecule has 2 aromatic heterocycles. The highest BCUT2D eigenvalue weighted by Crippen LogP contribution is 2.21. The maximum atomic E-state index is 12.4. The number of hydrogen-bond donors (Lipinski definition) is 1. The van der Waals surface area contributed by atoms with Crippen LogP contribution in [0.4, 0.5) is 0 Å². The van der Waals surface area contributed by atoms with Crippen LogP contribution >= 0.6 is 11.3 Å². The van der Waals surface area contributed by atoms with Gasteiger partial charge in [-0.2, -0.15) is 0 Å². The smallest absolute Gasteiger partial charge is 0.248 e. The number of carbonyl (C=O) groups is 2. The van der Waals surface area contributed by atoms with Crippen molar-refractivity contribution in [1.82, 2.24) is 19.6 Å². The number of nitrogens with one attached hydrogen (secondary N) is 1. The van der Waals surface area contributed by atoms with Gasteiger partial charge in [0.05, 0.1) is 12.2 Å². The minimum Gasteiger partial charge on any atom is -0.340 e. The first-order valence-corrected chi connectivity index (χ1v) is 7.30. The van der Waals surface area contributed by atoms with Crippen molar-refractivity contribution >= 4 is 28.1 Å². The summed E-state index contributed by atoms with van der Waals surface area (Å²) >= 11 is 1.54. The zero-order valence-electron chi connectivity index (χ0n) is 11.6.